The minimum atomic E-state index is -0.163. The van der Waals surface area contributed by atoms with Crippen LogP contribution in [-0.2, 0) is 6.42 Å². The first-order chi connectivity index (χ1) is 8.63. The van der Waals surface area contributed by atoms with Crippen molar-refractivity contribution in [3.63, 3.8) is 0 Å². The smallest absolute Gasteiger partial charge is 0.267 e. The second kappa shape index (κ2) is 7.07. The van der Waals surface area contributed by atoms with Gasteiger partial charge in [0.05, 0.1) is 17.7 Å². The highest BCUT2D eigenvalue weighted by atomic mass is 32.1. The molecule has 0 saturated heterocycles. The number of amides is 1. The zero-order valence-corrected chi connectivity index (χ0v) is 11.8. The number of aryl methyl sites for hydroxylation is 1. The summed E-state index contributed by atoms with van der Waals surface area (Å²) in [7, 11) is 0. The largest absolute Gasteiger partial charge is 0.337 e. The van der Waals surface area contributed by atoms with Crippen LogP contribution in [0.4, 0.5) is 0 Å². The Balaban J connectivity index is 2.83. The summed E-state index contributed by atoms with van der Waals surface area (Å²) in [4.78, 5) is 14.6. The van der Waals surface area contributed by atoms with Crippen molar-refractivity contribution >= 4 is 17.4 Å². The molecule has 0 aliphatic heterocycles. The molecule has 0 N–H and O–H groups in total. The van der Waals surface area contributed by atoms with Gasteiger partial charge in [0.25, 0.3) is 5.91 Å². The van der Waals surface area contributed by atoms with Crippen LogP contribution in [0.3, 0.4) is 0 Å². The van der Waals surface area contributed by atoms with Crippen molar-refractivity contribution in [1.29, 1.82) is 5.26 Å². The Bertz CT molecular complexity index is 438. The third-order valence-electron chi connectivity index (χ3n) is 2.62. The molecule has 1 aromatic rings. The predicted molar refractivity (Wildman–Crippen MR) is 70.3 cm³/mol. The molecular formula is C12H18N4OS. The molecule has 0 bridgehead atoms. The van der Waals surface area contributed by atoms with E-state index in [-0.39, 0.29) is 11.8 Å². The van der Waals surface area contributed by atoms with E-state index < -0.39 is 0 Å². The summed E-state index contributed by atoms with van der Waals surface area (Å²) in [5, 5.41) is 12.8. The maximum Gasteiger partial charge on any atom is 0.267 e. The van der Waals surface area contributed by atoms with Crippen LogP contribution in [0.25, 0.3) is 0 Å². The van der Waals surface area contributed by atoms with Gasteiger partial charge < -0.3 is 4.90 Å². The van der Waals surface area contributed by atoms with Crippen LogP contribution in [0.15, 0.2) is 0 Å². The molecule has 0 spiro atoms. The summed E-state index contributed by atoms with van der Waals surface area (Å²) in [6, 6.07) is 2.15. The van der Waals surface area contributed by atoms with E-state index in [1.807, 2.05) is 20.8 Å². The molecule has 1 aromatic heterocycles. The second-order valence-electron chi connectivity index (χ2n) is 4.17. The number of rotatable bonds is 6. The van der Waals surface area contributed by atoms with E-state index in [1.54, 1.807) is 4.90 Å². The molecule has 0 fully saturated rings. The third kappa shape index (κ3) is 3.50. The molecular weight excluding hydrogens is 248 g/mol. The van der Waals surface area contributed by atoms with Crippen LogP contribution in [0, 0.1) is 17.2 Å². The highest BCUT2D eigenvalue weighted by Crippen LogP contribution is 2.16. The lowest BCUT2D eigenvalue weighted by atomic mass is 10.1. The average Bonchev–Trinajstić information content (AvgIpc) is 2.83. The van der Waals surface area contributed by atoms with Crippen molar-refractivity contribution in [1.82, 2.24) is 14.5 Å². The van der Waals surface area contributed by atoms with Crippen LogP contribution in [-0.4, -0.2) is 33.5 Å². The van der Waals surface area contributed by atoms with Crippen molar-refractivity contribution in [3.05, 3.63) is 10.6 Å². The van der Waals surface area contributed by atoms with E-state index in [2.05, 4.69) is 15.7 Å². The highest BCUT2D eigenvalue weighted by Gasteiger charge is 2.22. The van der Waals surface area contributed by atoms with E-state index in [4.69, 9.17) is 5.26 Å². The van der Waals surface area contributed by atoms with E-state index >= 15 is 0 Å². The lowest BCUT2D eigenvalue weighted by Crippen LogP contribution is -2.34. The van der Waals surface area contributed by atoms with Gasteiger partial charge in [-0.15, -0.1) is 5.10 Å². The standard InChI is InChI=1S/C12H18N4OS/c1-4-6-10-11(18-15-14-10)12(17)16(5-2)8-9(3)7-13/h9H,4-6,8H2,1-3H3. The van der Waals surface area contributed by atoms with E-state index in [0.29, 0.717) is 18.0 Å². The molecule has 18 heavy (non-hydrogen) atoms. The predicted octanol–water partition coefficient (Wildman–Crippen LogP) is 2.11. The summed E-state index contributed by atoms with van der Waals surface area (Å²) in [5.74, 6) is -0.220. The normalized spacial score (nSPS) is 11.9. The second-order valence-corrected chi connectivity index (χ2v) is 4.93. The van der Waals surface area contributed by atoms with Gasteiger partial charge in [-0.2, -0.15) is 5.26 Å². The zero-order valence-electron chi connectivity index (χ0n) is 11.0. The molecule has 98 valence electrons. The first-order valence-electron chi connectivity index (χ1n) is 6.14. The minimum absolute atomic E-state index is 0.0574. The molecule has 0 radical (unpaired) electrons. The SMILES string of the molecule is CCCc1nnsc1C(=O)N(CC)CC(C)C#N. The number of hydrogen-bond acceptors (Lipinski definition) is 5. The molecule has 6 heteroatoms. The van der Waals surface area contributed by atoms with Crippen LogP contribution >= 0.6 is 11.5 Å². The number of nitrogens with zero attached hydrogens (tertiary/aromatic N) is 4. The molecule has 0 aromatic carbocycles. The van der Waals surface area contributed by atoms with Gasteiger partial charge in [-0.3, -0.25) is 4.79 Å². The van der Waals surface area contributed by atoms with E-state index in [1.165, 1.54) is 0 Å². The molecule has 1 atom stereocenters. The summed E-state index contributed by atoms with van der Waals surface area (Å²) in [6.07, 6.45) is 1.70. The molecule has 1 rings (SSSR count). The molecule has 5 nitrogen and oxygen atoms in total. The van der Waals surface area contributed by atoms with Crippen LogP contribution < -0.4 is 0 Å². The van der Waals surface area contributed by atoms with Crippen molar-refractivity contribution in [3.8, 4) is 6.07 Å². The van der Waals surface area contributed by atoms with Gasteiger partial charge in [-0.25, -0.2) is 0 Å². The maximum atomic E-state index is 12.3. The Morgan fingerprint density at radius 2 is 2.28 bits per heavy atom. The van der Waals surface area contributed by atoms with Gasteiger partial charge in [-0.1, -0.05) is 17.8 Å². The topological polar surface area (TPSA) is 69.9 Å². The fourth-order valence-electron chi connectivity index (χ4n) is 1.64. The van der Waals surface area contributed by atoms with Crippen LogP contribution in [0.2, 0.25) is 0 Å². The van der Waals surface area contributed by atoms with Crippen LogP contribution in [0.5, 0.6) is 0 Å². The lowest BCUT2D eigenvalue weighted by molar-refractivity contribution is 0.0756. The Kier molecular flexibility index (Phi) is 5.72. The number of hydrogen-bond donors (Lipinski definition) is 0. The fourth-order valence-corrected chi connectivity index (χ4v) is 2.32. The third-order valence-corrected chi connectivity index (χ3v) is 3.38. The quantitative estimate of drug-likeness (QED) is 0.790. The first kappa shape index (κ1) is 14.6. The Morgan fingerprint density at radius 1 is 1.56 bits per heavy atom. The molecule has 0 aliphatic rings. The molecule has 1 amide bonds. The average molecular weight is 266 g/mol. The summed E-state index contributed by atoms with van der Waals surface area (Å²) < 4.78 is 3.86. The number of aromatic nitrogens is 2. The molecule has 1 unspecified atom stereocenters. The van der Waals surface area contributed by atoms with Crippen molar-refractivity contribution in [2.75, 3.05) is 13.1 Å². The van der Waals surface area contributed by atoms with Crippen LogP contribution in [0.1, 0.15) is 42.6 Å². The van der Waals surface area contributed by atoms with Crippen molar-refractivity contribution < 1.29 is 4.79 Å². The van der Waals surface area contributed by atoms with E-state index in [9.17, 15) is 4.79 Å². The summed E-state index contributed by atoms with van der Waals surface area (Å²) >= 11 is 1.14. The van der Waals surface area contributed by atoms with Gasteiger partial charge in [0.2, 0.25) is 0 Å². The Morgan fingerprint density at radius 3 is 2.83 bits per heavy atom. The molecule has 0 aliphatic carbocycles. The number of carbonyl (C=O) groups excluding carboxylic acids is 1. The van der Waals surface area contributed by atoms with Crippen molar-refractivity contribution in [2.45, 2.75) is 33.6 Å². The maximum absolute atomic E-state index is 12.3. The number of carbonyl (C=O) groups is 1. The monoisotopic (exact) mass is 266 g/mol. The molecule has 1 heterocycles. The van der Waals surface area contributed by atoms with Gasteiger partial charge in [-0.05, 0) is 31.8 Å². The fraction of sp³-hybridized carbons (Fsp3) is 0.667. The van der Waals surface area contributed by atoms with E-state index in [0.717, 1.165) is 30.1 Å². The van der Waals surface area contributed by atoms with Gasteiger partial charge in [0.15, 0.2) is 0 Å². The minimum Gasteiger partial charge on any atom is -0.337 e. The molecule has 0 saturated carbocycles. The van der Waals surface area contributed by atoms with Gasteiger partial charge in [0.1, 0.15) is 4.88 Å². The Hall–Kier alpha value is -1.48. The lowest BCUT2D eigenvalue weighted by Gasteiger charge is -2.21. The zero-order chi connectivity index (χ0) is 13.5. The van der Waals surface area contributed by atoms with Crippen molar-refractivity contribution in [2.24, 2.45) is 5.92 Å². The summed E-state index contributed by atoms with van der Waals surface area (Å²) in [5.41, 5.74) is 0.774. The first-order valence-corrected chi connectivity index (χ1v) is 6.91. The Labute approximate surface area is 112 Å². The van der Waals surface area contributed by atoms with Gasteiger partial charge >= 0.3 is 0 Å². The summed E-state index contributed by atoms with van der Waals surface area (Å²) in [6.45, 7) is 6.82. The number of nitriles is 1. The highest BCUT2D eigenvalue weighted by molar-refractivity contribution is 7.08. The van der Waals surface area contributed by atoms with Gasteiger partial charge in [0, 0.05) is 13.1 Å².